The summed E-state index contributed by atoms with van der Waals surface area (Å²) in [5, 5.41) is 14.0. The van der Waals surface area contributed by atoms with Crippen molar-refractivity contribution >= 4 is 13.7 Å². The third-order valence-electron chi connectivity index (χ3n) is 16.2. The highest BCUT2D eigenvalue weighted by molar-refractivity contribution is 7.45. The molecule has 0 bridgehead atoms. The minimum Gasteiger partial charge on any atom is -0.756 e. The molecule has 3 unspecified atom stereocenters. The molecule has 0 rings (SSSR count). The summed E-state index contributed by atoms with van der Waals surface area (Å²) in [7, 11) is 1.22. The minimum atomic E-state index is -4.63. The number of quaternary nitrogens is 1. The van der Waals surface area contributed by atoms with E-state index in [1.165, 1.54) is 173 Å². The smallest absolute Gasteiger partial charge is 0.268 e. The van der Waals surface area contributed by atoms with Crippen LogP contribution < -0.4 is 10.2 Å². The highest BCUT2D eigenvalue weighted by Crippen LogP contribution is 2.38. The Morgan fingerprint density at radius 2 is 0.663 bits per heavy atom. The molecule has 0 aliphatic carbocycles. The van der Waals surface area contributed by atoms with Gasteiger partial charge in [-0.25, -0.2) is 0 Å². The number of nitrogens with one attached hydrogen (secondary N) is 1. The molecule has 0 saturated carbocycles. The molecule has 0 aromatic heterocycles. The Kier molecular flexibility index (Phi) is 68.4. The fourth-order valence-corrected chi connectivity index (χ4v) is 11.2. The number of aliphatic hydroxyl groups excluding tert-OH is 1. The van der Waals surface area contributed by atoms with E-state index < -0.39 is 26.6 Å². The summed E-state index contributed by atoms with van der Waals surface area (Å²) in [5.74, 6) is -0.242. The number of hydrogen-bond acceptors (Lipinski definition) is 6. The maximum absolute atomic E-state index is 13.0. The van der Waals surface area contributed by atoms with Crippen LogP contribution in [0.3, 0.4) is 0 Å². The first kappa shape index (κ1) is 88.1. The highest BCUT2D eigenvalue weighted by atomic mass is 31.2. The molecule has 0 heterocycles. The first-order valence-corrected chi connectivity index (χ1v) is 39.3. The molecule has 526 valence electrons. The number of phosphoric ester groups is 1. The summed E-state index contributed by atoms with van der Waals surface area (Å²) in [4.78, 5) is 25.7. The molecule has 0 aromatic rings. The van der Waals surface area contributed by atoms with Crippen LogP contribution in [-0.4, -0.2) is 68.5 Å². The van der Waals surface area contributed by atoms with Crippen LogP contribution in [0, 0.1) is 0 Å². The van der Waals surface area contributed by atoms with Gasteiger partial charge < -0.3 is 28.8 Å². The lowest BCUT2D eigenvalue weighted by Gasteiger charge is -2.29. The average Bonchev–Trinajstić information content (AvgIpc) is 2.63. The van der Waals surface area contributed by atoms with Crippen molar-refractivity contribution in [3.05, 3.63) is 158 Å². The van der Waals surface area contributed by atoms with Gasteiger partial charge in [-0.2, -0.15) is 0 Å². The highest BCUT2D eigenvalue weighted by Gasteiger charge is 2.23. The number of allylic oxidation sites excluding steroid dienone is 25. The second-order valence-electron chi connectivity index (χ2n) is 26.3. The minimum absolute atomic E-state index is 0.0175. The summed E-state index contributed by atoms with van der Waals surface area (Å²) < 4.78 is 23.5. The molecule has 2 N–H and O–H groups in total. The lowest BCUT2D eigenvalue weighted by molar-refractivity contribution is -0.870. The number of carbonyl (C=O) groups is 1. The van der Waals surface area contributed by atoms with Gasteiger partial charge in [-0.15, -0.1) is 0 Å². The Labute approximate surface area is 569 Å². The Hall–Kier alpha value is -3.88. The Morgan fingerprint density at radius 1 is 0.391 bits per heavy atom. The predicted molar refractivity (Wildman–Crippen MR) is 403 cm³/mol. The molecule has 0 fully saturated rings. The van der Waals surface area contributed by atoms with E-state index >= 15 is 0 Å². The summed E-state index contributed by atoms with van der Waals surface area (Å²) in [6.45, 7) is 4.52. The van der Waals surface area contributed by atoms with E-state index in [9.17, 15) is 19.4 Å². The normalized spacial score (nSPS) is 14.5. The van der Waals surface area contributed by atoms with Gasteiger partial charge in [-0.05, 0) is 109 Å². The van der Waals surface area contributed by atoms with Crippen molar-refractivity contribution in [3.8, 4) is 0 Å². The number of amides is 1. The summed E-state index contributed by atoms with van der Waals surface area (Å²) in [6.07, 6.45) is 111. The predicted octanol–water partition coefficient (Wildman–Crippen LogP) is 24.3. The van der Waals surface area contributed by atoms with Crippen LogP contribution in [0.4, 0.5) is 0 Å². The van der Waals surface area contributed by atoms with Gasteiger partial charge in [-0.3, -0.25) is 9.36 Å². The Bertz CT molecular complexity index is 2060. The van der Waals surface area contributed by atoms with Crippen molar-refractivity contribution < 1.29 is 32.9 Å². The molecule has 1 amide bonds. The molecular weight excluding hydrogens is 1150 g/mol. The zero-order chi connectivity index (χ0) is 66.9. The van der Waals surface area contributed by atoms with E-state index in [4.69, 9.17) is 9.05 Å². The molecule has 92 heavy (non-hydrogen) atoms. The first-order valence-electron chi connectivity index (χ1n) is 37.8. The number of carbonyl (C=O) groups excluding carboxylic acids is 1. The number of rotatable bonds is 68. The van der Waals surface area contributed by atoms with Crippen LogP contribution in [0.15, 0.2) is 158 Å². The van der Waals surface area contributed by atoms with Crippen LogP contribution >= 0.6 is 7.82 Å². The SMILES string of the molecule is CC/C=C\C/C=C\C/C=C\C/C=C\C/C=C\C/C=C\C/C=C\C/C=C\C/C=C\C/C=C\C/C=C\C/C=C\CCCCC(=O)NC(COP(=O)([O-])OCC[N+](C)(C)C)C(O)/C=C/CCCCCCCCCCCCCCCCCCCCCCCCCCCCCCC. The van der Waals surface area contributed by atoms with Gasteiger partial charge in [-0.1, -0.05) is 352 Å². The van der Waals surface area contributed by atoms with E-state index in [0.29, 0.717) is 17.4 Å². The van der Waals surface area contributed by atoms with Crippen LogP contribution in [0.1, 0.15) is 309 Å². The van der Waals surface area contributed by atoms with Crippen molar-refractivity contribution in [2.75, 3.05) is 40.9 Å². The number of nitrogens with zero attached hydrogens (tertiary/aromatic N) is 1. The zero-order valence-corrected chi connectivity index (χ0v) is 61.1. The van der Waals surface area contributed by atoms with Gasteiger partial charge in [0, 0.05) is 6.42 Å². The standard InChI is InChI=1S/C83H143N2O6P/c1-6-8-10-12-14-16-18-20-22-24-26-28-30-32-34-36-38-39-40-41-42-43-44-45-47-49-51-53-55-57-59-61-63-65-67-69-71-73-75-77-83(87)84-81(80-91-92(88,89)90-79-78-85(3,4)5)82(86)76-74-72-70-68-66-64-62-60-58-56-54-52-50-48-46-37-35-33-31-29-27-25-23-21-19-17-15-13-11-9-7-2/h8,10,14,16,20,22,26,28,32,34,38-39,41-42,44-45,49,51,55,57,61,63,67,69,74,76,81-82,86H,6-7,9,11-13,15,17-19,21,23-25,27,29-31,33,35-37,40,43,46-48,50,52-54,56,58-60,62,64-66,68,70-73,75,77-80H2,1-5H3,(H-,84,87,88,89)/b10-8-,16-14-,22-20-,28-26-,34-32-,39-38-,42-41-,45-44-,51-49-,57-55-,63-61-,69-67-,76-74+. The maximum atomic E-state index is 13.0. The Morgan fingerprint density at radius 3 is 0.967 bits per heavy atom. The average molecular weight is 1300 g/mol. The Balaban J connectivity index is 4.19. The van der Waals surface area contributed by atoms with Crippen molar-refractivity contribution in [1.29, 1.82) is 0 Å². The third kappa shape index (κ3) is 73.5. The van der Waals surface area contributed by atoms with Gasteiger partial charge in [0.2, 0.25) is 5.91 Å². The third-order valence-corrected chi connectivity index (χ3v) is 17.2. The quantitative estimate of drug-likeness (QED) is 0.0272. The van der Waals surface area contributed by atoms with E-state index in [-0.39, 0.29) is 18.9 Å². The van der Waals surface area contributed by atoms with Crippen LogP contribution in [0.5, 0.6) is 0 Å². The number of phosphoric acid groups is 1. The maximum Gasteiger partial charge on any atom is 0.268 e. The van der Waals surface area contributed by atoms with Crippen molar-refractivity contribution in [3.63, 3.8) is 0 Å². The molecule has 8 nitrogen and oxygen atoms in total. The number of hydrogen-bond donors (Lipinski definition) is 2. The van der Waals surface area contributed by atoms with Crippen LogP contribution in [0.2, 0.25) is 0 Å². The molecular formula is C83H143N2O6P. The number of aliphatic hydroxyl groups is 1. The molecule has 0 aliphatic heterocycles. The molecule has 0 spiro atoms. The van der Waals surface area contributed by atoms with Crippen molar-refractivity contribution in [1.82, 2.24) is 5.32 Å². The molecule has 0 aliphatic rings. The van der Waals surface area contributed by atoms with E-state index in [1.54, 1.807) is 6.08 Å². The second kappa shape index (κ2) is 71.4. The van der Waals surface area contributed by atoms with E-state index in [1.807, 2.05) is 27.2 Å². The summed E-state index contributed by atoms with van der Waals surface area (Å²) >= 11 is 0. The van der Waals surface area contributed by atoms with E-state index in [2.05, 4.69) is 165 Å². The largest absolute Gasteiger partial charge is 0.756 e. The second-order valence-corrected chi connectivity index (χ2v) is 27.7. The zero-order valence-electron chi connectivity index (χ0n) is 60.2. The number of unbranched alkanes of at least 4 members (excludes halogenated alkanes) is 31. The van der Waals surface area contributed by atoms with Crippen molar-refractivity contribution in [2.24, 2.45) is 0 Å². The first-order chi connectivity index (χ1) is 45.0. The molecule has 0 saturated heterocycles. The lowest BCUT2D eigenvalue weighted by Crippen LogP contribution is -2.45. The number of likely N-dealkylation sites (N-methyl/N-ethyl adjacent to an activating group) is 1. The summed E-state index contributed by atoms with van der Waals surface area (Å²) in [5.41, 5.74) is 0. The van der Waals surface area contributed by atoms with Gasteiger partial charge in [0.05, 0.1) is 39.9 Å². The van der Waals surface area contributed by atoms with Crippen LogP contribution in [-0.2, 0) is 18.4 Å². The fourth-order valence-electron chi connectivity index (χ4n) is 10.4. The fraction of sp³-hybridized carbons (Fsp3) is 0.675. The molecule has 0 radical (unpaired) electrons. The van der Waals surface area contributed by atoms with Gasteiger partial charge in [0.25, 0.3) is 7.82 Å². The van der Waals surface area contributed by atoms with Gasteiger partial charge >= 0.3 is 0 Å². The van der Waals surface area contributed by atoms with E-state index in [0.717, 1.165) is 109 Å². The molecule has 0 aromatic carbocycles. The lowest BCUT2D eigenvalue weighted by atomic mass is 10.0. The van der Waals surface area contributed by atoms with Gasteiger partial charge in [0.15, 0.2) is 0 Å². The molecule has 3 atom stereocenters. The molecule has 9 heteroatoms. The van der Waals surface area contributed by atoms with Gasteiger partial charge in [0.1, 0.15) is 13.2 Å². The van der Waals surface area contributed by atoms with Crippen LogP contribution in [0.25, 0.3) is 0 Å². The van der Waals surface area contributed by atoms with Crippen molar-refractivity contribution in [2.45, 2.75) is 321 Å². The topological polar surface area (TPSA) is 108 Å². The monoisotopic (exact) mass is 1300 g/mol. The summed E-state index contributed by atoms with van der Waals surface area (Å²) in [6, 6.07) is -0.924.